The maximum absolute atomic E-state index is 10.7. The Morgan fingerprint density at radius 3 is 2.92 bits per heavy atom. The zero-order valence-corrected chi connectivity index (χ0v) is 15.9. The first-order valence-electron chi connectivity index (χ1n) is 8.22. The Morgan fingerprint density at radius 1 is 1.42 bits per heavy atom. The average Bonchev–Trinajstić information content (AvgIpc) is 2.96. The third-order valence-corrected chi connectivity index (χ3v) is 4.50. The van der Waals surface area contributed by atoms with E-state index in [1.807, 2.05) is 13.0 Å². The number of nitriles is 1. The molecule has 1 heterocycles. The fourth-order valence-corrected chi connectivity index (χ4v) is 3.01. The third kappa shape index (κ3) is 5.63. The van der Waals surface area contributed by atoms with Gasteiger partial charge in [0.1, 0.15) is 18.2 Å². The first-order chi connectivity index (χ1) is 12.5. The molecule has 0 radical (unpaired) electrons. The van der Waals surface area contributed by atoms with Crippen LogP contribution >= 0.6 is 11.5 Å². The minimum atomic E-state index is -0.275. The molecule has 0 fully saturated rings. The van der Waals surface area contributed by atoms with Gasteiger partial charge in [-0.15, -0.1) is 5.11 Å². The summed E-state index contributed by atoms with van der Waals surface area (Å²) in [5.41, 5.74) is 4.52. The number of carbonyl (C=O) groups is 1. The molecule has 0 aliphatic carbocycles. The molecule has 0 saturated heterocycles. The lowest BCUT2D eigenvalue weighted by Crippen LogP contribution is -2.11. The van der Waals surface area contributed by atoms with Crippen molar-refractivity contribution >= 4 is 28.2 Å². The molecular formula is C18H21N5O2S. The second-order valence-corrected chi connectivity index (χ2v) is 6.43. The molecule has 1 aromatic carbocycles. The van der Waals surface area contributed by atoms with Crippen molar-refractivity contribution in [2.45, 2.75) is 27.2 Å². The minimum Gasteiger partial charge on any atom is -0.464 e. The molecule has 0 unspecified atom stereocenters. The fraction of sp³-hybridized carbons (Fsp3) is 0.389. The Labute approximate surface area is 156 Å². The van der Waals surface area contributed by atoms with Gasteiger partial charge in [-0.25, -0.2) is 0 Å². The Morgan fingerprint density at radius 2 is 2.23 bits per heavy atom. The van der Waals surface area contributed by atoms with Crippen molar-refractivity contribution in [2.24, 2.45) is 10.2 Å². The van der Waals surface area contributed by atoms with Crippen LogP contribution in [0.5, 0.6) is 0 Å². The summed E-state index contributed by atoms with van der Waals surface area (Å²) < 4.78 is 9.01. The predicted molar refractivity (Wildman–Crippen MR) is 101 cm³/mol. The van der Waals surface area contributed by atoms with Crippen LogP contribution in [-0.4, -0.2) is 30.0 Å². The standard InChI is InChI=1S/C18H21N5O2S/c1-12-10-16(20-8-9-25-14(3)24)5-4-15(12)6-7-21-22-18-17(11-19)13(2)23-26-18/h4-5,10,20H,6-9H2,1-3H3. The van der Waals surface area contributed by atoms with Crippen LogP contribution in [-0.2, 0) is 16.0 Å². The second-order valence-electron chi connectivity index (χ2n) is 5.68. The normalized spacial score (nSPS) is 10.7. The molecular weight excluding hydrogens is 350 g/mol. The second kappa shape index (κ2) is 9.63. The zero-order chi connectivity index (χ0) is 18.9. The van der Waals surface area contributed by atoms with Crippen molar-refractivity contribution in [3.05, 3.63) is 40.6 Å². The summed E-state index contributed by atoms with van der Waals surface area (Å²) in [5, 5.41) is 21.2. The number of aromatic nitrogens is 1. The van der Waals surface area contributed by atoms with Gasteiger partial charge >= 0.3 is 5.97 Å². The lowest BCUT2D eigenvalue weighted by atomic mass is 10.1. The molecule has 2 aromatic rings. The van der Waals surface area contributed by atoms with Crippen molar-refractivity contribution in [1.82, 2.24) is 4.37 Å². The first-order valence-corrected chi connectivity index (χ1v) is 8.99. The smallest absolute Gasteiger partial charge is 0.302 e. The highest BCUT2D eigenvalue weighted by Gasteiger charge is 2.08. The van der Waals surface area contributed by atoms with Gasteiger partial charge in [-0.1, -0.05) is 6.07 Å². The largest absolute Gasteiger partial charge is 0.464 e. The highest BCUT2D eigenvalue weighted by molar-refractivity contribution is 7.10. The maximum Gasteiger partial charge on any atom is 0.302 e. The number of esters is 1. The van der Waals surface area contributed by atoms with Crippen molar-refractivity contribution in [3.63, 3.8) is 0 Å². The molecule has 0 bridgehead atoms. The number of nitrogens with one attached hydrogen (secondary N) is 1. The molecule has 7 nitrogen and oxygen atoms in total. The monoisotopic (exact) mass is 371 g/mol. The molecule has 26 heavy (non-hydrogen) atoms. The van der Waals surface area contributed by atoms with E-state index in [4.69, 9.17) is 10.00 Å². The molecule has 0 aliphatic rings. The minimum absolute atomic E-state index is 0.275. The molecule has 1 aromatic heterocycles. The van der Waals surface area contributed by atoms with Gasteiger partial charge in [0, 0.05) is 19.2 Å². The van der Waals surface area contributed by atoms with E-state index in [2.05, 4.69) is 38.1 Å². The number of hydrogen-bond donors (Lipinski definition) is 1. The average molecular weight is 371 g/mol. The maximum atomic E-state index is 10.7. The highest BCUT2D eigenvalue weighted by atomic mass is 32.1. The summed E-state index contributed by atoms with van der Waals surface area (Å²) in [6.07, 6.45) is 0.767. The van der Waals surface area contributed by atoms with Crippen molar-refractivity contribution < 1.29 is 9.53 Å². The first kappa shape index (κ1) is 19.5. The van der Waals surface area contributed by atoms with Crippen LogP contribution in [0.15, 0.2) is 28.4 Å². The van der Waals surface area contributed by atoms with Gasteiger partial charge in [-0.3, -0.25) is 4.79 Å². The number of rotatable bonds is 8. The zero-order valence-electron chi connectivity index (χ0n) is 15.1. The Hall–Kier alpha value is -2.79. The molecule has 136 valence electrons. The lowest BCUT2D eigenvalue weighted by molar-refractivity contribution is -0.140. The van der Waals surface area contributed by atoms with Crippen LogP contribution in [0.3, 0.4) is 0 Å². The van der Waals surface area contributed by atoms with Crippen LogP contribution in [0.1, 0.15) is 29.3 Å². The van der Waals surface area contributed by atoms with E-state index in [-0.39, 0.29) is 5.97 Å². The van der Waals surface area contributed by atoms with E-state index in [9.17, 15) is 4.79 Å². The van der Waals surface area contributed by atoms with Crippen LogP contribution in [0.25, 0.3) is 0 Å². The topological polar surface area (TPSA) is 99.7 Å². The fourth-order valence-electron chi connectivity index (χ4n) is 2.32. The number of hydrogen-bond acceptors (Lipinski definition) is 8. The van der Waals surface area contributed by atoms with Crippen molar-refractivity contribution in [1.29, 1.82) is 5.26 Å². The number of carbonyl (C=O) groups excluding carboxylic acids is 1. The van der Waals surface area contributed by atoms with Gasteiger partial charge in [0.2, 0.25) is 0 Å². The molecule has 0 spiro atoms. The molecule has 1 N–H and O–H groups in total. The SMILES string of the molecule is CC(=O)OCCNc1ccc(CCN=Nc2snc(C)c2C#N)c(C)c1. The highest BCUT2D eigenvalue weighted by Crippen LogP contribution is 2.26. The van der Waals surface area contributed by atoms with Gasteiger partial charge in [-0.2, -0.15) is 14.7 Å². The van der Waals surface area contributed by atoms with E-state index >= 15 is 0 Å². The van der Waals surface area contributed by atoms with Crippen LogP contribution in [0.4, 0.5) is 10.7 Å². The van der Waals surface area contributed by atoms with E-state index in [1.54, 1.807) is 6.92 Å². The number of anilines is 1. The third-order valence-electron chi connectivity index (χ3n) is 3.68. The van der Waals surface area contributed by atoms with Gasteiger partial charge in [0.25, 0.3) is 0 Å². The number of azo groups is 1. The van der Waals surface area contributed by atoms with Gasteiger partial charge in [0.15, 0.2) is 5.00 Å². The number of ether oxygens (including phenoxy) is 1. The quantitative estimate of drug-likeness (QED) is 0.430. The summed E-state index contributed by atoms with van der Waals surface area (Å²) in [4.78, 5) is 10.7. The molecule has 2 rings (SSSR count). The molecule has 0 atom stereocenters. The van der Waals surface area contributed by atoms with E-state index in [1.165, 1.54) is 24.0 Å². The number of nitrogens with zero attached hydrogens (tertiary/aromatic N) is 4. The predicted octanol–water partition coefficient (Wildman–Crippen LogP) is 3.93. The van der Waals surface area contributed by atoms with Crippen molar-refractivity contribution in [2.75, 3.05) is 25.0 Å². The van der Waals surface area contributed by atoms with E-state index in [0.29, 0.717) is 36.0 Å². The summed E-state index contributed by atoms with van der Waals surface area (Å²) in [7, 11) is 0. The summed E-state index contributed by atoms with van der Waals surface area (Å²) in [5.74, 6) is -0.275. The Kier molecular flexibility index (Phi) is 7.24. The van der Waals surface area contributed by atoms with E-state index < -0.39 is 0 Å². The molecule has 0 amide bonds. The van der Waals surface area contributed by atoms with Gasteiger partial charge < -0.3 is 10.1 Å². The Bertz CT molecular complexity index is 839. The van der Waals surface area contributed by atoms with Gasteiger partial charge in [0.05, 0.1) is 12.2 Å². The Balaban J connectivity index is 1.85. The molecule has 0 aliphatic heterocycles. The number of aryl methyl sites for hydroxylation is 2. The molecule has 0 saturated carbocycles. The molecule has 8 heteroatoms. The summed E-state index contributed by atoms with van der Waals surface area (Å²) in [6, 6.07) is 8.21. The van der Waals surface area contributed by atoms with E-state index in [0.717, 1.165) is 17.7 Å². The lowest BCUT2D eigenvalue weighted by Gasteiger charge is -2.10. The van der Waals surface area contributed by atoms with Crippen LogP contribution < -0.4 is 5.32 Å². The van der Waals surface area contributed by atoms with Crippen LogP contribution in [0.2, 0.25) is 0 Å². The van der Waals surface area contributed by atoms with Gasteiger partial charge in [-0.05, 0) is 55.1 Å². The van der Waals surface area contributed by atoms with Crippen LogP contribution in [0, 0.1) is 25.2 Å². The number of benzene rings is 1. The summed E-state index contributed by atoms with van der Waals surface area (Å²) in [6.45, 7) is 6.69. The van der Waals surface area contributed by atoms with Crippen molar-refractivity contribution in [3.8, 4) is 6.07 Å². The summed E-state index contributed by atoms with van der Waals surface area (Å²) >= 11 is 1.19.